The van der Waals surface area contributed by atoms with Crippen LogP contribution in [-0.4, -0.2) is 23.9 Å². The average Bonchev–Trinajstić information content (AvgIpc) is 2.93. The number of para-hydroxylation sites is 1. The van der Waals surface area contributed by atoms with E-state index in [1.165, 1.54) is 11.8 Å². The van der Waals surface area contributed by atoms with E-state index >= 15 is 0 Å². The summed E-state index contributed by atoms with van der Waals surface area (Å²) in [6, 6.07) is 13.3. The first-order chi connectivity index (χ1) is 13.0. The average molecular weight is 398 g/mol. The molecule has 3 rings (SSSR count). The minimum absolute atomic E-state index is 0.145. The van der Waals surface area contributed by atoms with E-state index in [0.29, 0.717) is 27.3 Å². The lowest BCUT2D eigenvalue weighted by atomic mass is 10.1. The third kappa shape index (κ3) is 4.07. The molecule has 1 aliphatic rings. The van der Waals surface area contributed by atoms with Crippen molar-refractivity contribution in [3.63, 3.8) is 0 Å². The lowest BCUT2D eigenvalue weighted by Gasteiger charge is -2.15. The molecule has 0 saturated carbocycles. The number of thioether (sulfide) groups is 1. The number of hydrogen-bond donors (Lipinski definition) is 0. The smallest absolute Gasteiger partial charge is 0.270 e. The van der Waals surface area contributed by atoms with E-state index in [-0.39, 0.29) is 5.91 Å². The Morgan fingerprint density at radius 1 is 1.26 bits per heavy atom. The Morgan fingerprint density at radius 2 is 2.04 bits per heavy atom. The summed E-state index contributed by atoms with van der Waals surface area (Å²) in [6.07, 6.45) is 3.45. The number of carbonyl (C=O) groups is 1. The molecule has 0 aliphatic carbocycles. The first kappa shape index (κ1) is 19.2. The van der Waals surface area contributed by atoms with Gasteiger partial charge in [-0.3, -0.25) is 9.69 Å². The molecule has 138 valence electrons. The molecule has 1 heterocycles. The normalized spacial score (nSPS) is 15.3. The van der Waals surface area contributed by atoms with Crippen molar-refractivity contribution in [2.45, 2.75) is 6.92 Å². The molecule has 1 fully saturated rings. The second-order valence-electron chi connectivity index (χ2n) is 5.83. The van der Waals surface area contributed by atoms with Gasteiger partial charge >= 0.3 is 0 Å². The molecule has 0 unspecified atom stereocenters. The summed E-state index contributed by atoms with van der Waals surface area (Å²) in [4.78, 5) is 15.1. The maximum Gasteiger partial charge on any atom is 0.270 e. The minimum Gasteiger partial charge on any atom is -0.493 e. The van der Waals surface area contributed by atoms with Crippen LogP contribution in [0.2, 0.25) is 0 Å². The fraction of sp³-hybridized carbons (Fsp3) is 0.143. The number of rotatable bonds is 6. The molecule has 2 aromatic rings. The van der Waals surface area contributed by atoms with Gasteiger partial charge < -0.3 is 9.47 Å². The van der Waals surface area contributed by atoms with Crippen molar-refractivity contribution in [1.29, 1.82) is 0 Å². The summed E-state index contributed by atoms with van der Waals surface area (Å²) < 4.78 is 11.6. The molecule has 0 bridgehead atoms. The van der Waals surface area contributed by atoms with E-state index in [1.807, 2.05) is 49.4 Å². The lowest BCUT2D eigenvalue weighted by Crippen LogP contribution is -2.27. The lowest BCUT2D eigenvalue weighted by molar-refractivity contribution is -0.113. The topological polar surface area (TPSA) is 38.8 Å². The first-order valence-corrected chi connectivity index (χ1v) is 9.53. The van der Waals surface area contributed by atoms with Crippen molar-refractivity contribution >= 4 is 46.0 Å². The molecule has 0 N–H and O–H groups in total. The summed E-state index contributed by atoms with van der Waals surface area (Å²) in [5, 5.41) is 0. The van der Waals surface area contributed by atoms with Gasteiger partial charge in [0.1, 0.15) is 6.61 Å². The Bertz CT molecular complexity index is 937. The molecule has 0 aromatic heterocycles. The van der Waals surface area contributed by atoms with Crippen LogP contribution in [0.1, 0.15) is 11.1 Å². The van der Waals surface area contributed by atoms with Crippen LogP contribution in [0.4, 0.5) is 5.69 Å². The van der Waals surface area contributed by atoms with Gasteiger partial charge in [-0.05, 0) is 36.8 Å². The van der Waals surface area contributed by atoms with Crippen molar-refractivity contribution in [3.8, 4) is 11.5 Å². The molecule has 1 amide bonds. The predicted octanol–water partition coefficient (Wildman–Crippen LogP) is 4.97. The molecule has 0 radical (unpaired) electrons. The number of ether oxygens (including phenoxy) is 2. The standard InChI is InChI=1S/C21H19NO3S2/c1-4-11-25-19-15(8-6-10-17(19)24-3)13-18-20(23)22(21(26)27-18)16-9-5-7-14(2)12-16/h4-10,12-13H,1,11H2,2-3H3/b18-13+. The summed E-state index contributed by atoms with van der Waals surface area (Å²) in [5.74, 6) is 1.02. The highest BCUT2D eigenvalue weighted by Crippen LogP contribution is 2.39. The largest absolute Gasteiger partial charge is 0.493 e. The fourth-order valence-electron chi connectivity index (χ4n) is 2.70. The van der Waals surface area contributed by atoms with Crippen molar-refractivity contribution in [2.75, 3.05) is 18.6 Å². The quantitative estimate of drug-likeness (QED) is 0.391. The van der Waals surface area contributed by atoms with Crippen LogP contribution in [0, 0.1) is 6.92 Å². The highest BCUT2D eigenvalue weighted by atomic mass is 32.2. The van der Waals surface area contributed by atoms with Crippen LogP contribution in [0.3, 0.4) is 0 Å². The number of anilines is 1. The molecule has 1 saturated heterocycles. The van der Waals surface area contributed by atoms with Crippen LogP contribution >= 0.6 is 24.0 Å². The second kappa shape index (κ2) is 8.41. The monoisotopic (exact) mass is 397 g/mol. The zero-order chi connectivity index (χ0) is 19.4. The van der Waals surface area contributed by atoms with E-state index < -0.39 is 0 Å². The van der Waals surface area contributed by atoms with Crippen LogP contribution < -0.4 is 14.4 Å². The van der Waals surface area contributed by atoms with E-state index in [9.17, 15) is 4.79 Å². The van der Waals surface area contributed by atoms with E-state index in [1.54, 1.807) is 24.2 Å². The number of hydrogen-bond acceptors (Lipinski definition) is 5. The van der Waals surface area contributed by atoms with Crippen LogP contribution in [-0.2, 0) is 4.79 Å². The summed E-state index contributed by atoms with van der Waals surface area (Å²) in [6.45, 7) is 5.99. The number of methoxy groups -OCH3 is 1. The Labute approximate surface area is 168 Å². The van der Waals surface area contributed by atoms with Gasteiger partial charge in [-0.15, -0.1) is 0 Å². The third-order valence-corrected chi connectivity index (χ3v) is 5.22. The van der Waals surface area contributed by atoms with Crippen molar-refractivity contribution in [3.05, 3.63) is 71.2 Å². The van der Waals surface area contributed by atoms with Gasteiger partial charge in [-0.1, -0.05) is 60.9 Å². The summed E-state index contributed by atoms with van der Waals surface area (Å²) >= 11 is 6.72. The molecular weight excluding hydrogens is 378 g/mol. The summed E-state index contributed by atoms with van der Waals surface area (Å²) in [7, 11) is 1.58. The van der Waals surface area contributed by atoms with Crippen molar-refractivity contribution in [1.82, 2.24) is 0 Å². The Kier molecular flexibility index (Phi) is 5.98. The van der Waals surface area contributed by atoms with Crippen LogP contribution in [0.5, 0.6) is 11.5 Å². The van der Waals surface area contributed by atoms with Crippen LogP contribution in [0.25, 0.3) is 6.08 Å². The van der Waals surface area contributed by atoms with Crippen molar-refractivity contribution < 1.29 is 14.3 Å². The number of aryl methyl sites for hydroxylation is 1. The number of nitrogens with zero attached hydrogens (tertiary/aromatic N) is 1. The first-order valence-electron chi connectivity index (χ1n) is 8.30. The molecule has 4 nitrogen and oxygen atoms in total. The van der Waals surface area contributed by atoms with E-state index in [0.717, 1.165) is 16.8 Å². The highest BCUT2D eigenvalue weighted by Gasteiger charge is 2.33. The van der Waals surface area contributed by atoms with E-state index in [2.05, 4.69) is 6.58 Å². The number of benzene rings is 2. The predicted molar refractivity (Wildman–Crippen MR) is 116 cm³/mol. The Balaban J connectivity index is 1.98. The molecular formula is C21H19NO3S2. The fourth-order valence-corrected chi connectivity index (χ4v) is 3.99. The van der Waals surface area contributed by atoms with Gasteiger partial charge in [0.25, 0.3) is 5.91 Å². The number of thiocarbonyl (C=S) groups is 1. The highest BCUT2D eigenvalue weighted by molar-refractivity contribution is 8.27. The van der Waals surface area contributed by atoms with Gasteiger partial charge in [-0.2, -0.15) is 0 Å². The molecule has 27 heavy (non-hydrogen) atoms. The zero-order valence-electron chi connectivity index (χ0n) is 15.1. The van der Waals surface area contributed by atoms with E-state index in [4.69, 9.17) is 21.7 Å². The maximum absolute atomic E-state index is 13.0. The van der Waals surface area contributed by atoms with Gasteiger partial charge in [0, 0.05) is 5.56 Å². The molecule has 6 heteroatoms. The molecule has 0 atom stereocenters. The Morgan fingerprint density at radius 3 is 2.74 bits per heavy atom. The maximum atomic E-state index is 13.0. The number of amides is 1. The van der Waals surface area contributed by atoms with Gasteiger partial charge in [-0.25, -0.2) is 0 Å². The zero-order valence-corrected chi connectivity index (χ0v) is 16.7. The third-order valence-electron chi connectivity index (χ3n) is 3.91. The van der Waals surface area contributed by atoms with Gasteiger partial charge in [0.2, 0.25) is 0 Å². The number of carbonyl (C=O) groups excluding carboxylic acids is 1. The van der Waals surface area contributed by atoms with Gasteiger partial charge in [0.15, 0.2) is 15.8 Å². The molecule has 1 aliphatic heterocycles. The SMILES string of the molecule is C=CCOc1c(/C=C2/SC(=S)N(c3cccc(C)c3)C2=O)cccc1OC. The summed E-state index contributed by atoms with van der Waals surface area (Å²) in [5.41, 5.74) is 2.59. The van der Waals surface area contributed by atoms with Crippen LogP contribution in [0.15, 0.2) is 60.0 Å². The van der Waals surface area contributed by atoms with Crippen molar-refractivity contribution in [2.24, 2.45) is 0 Å². The Hall–Kier alpha value is -2.57. The molecule has 2 aromatic carbocycles. The second-order valence-corrected chi connectivity index (χ2v) is 7.51. The molecule has 0 spiro atoms. The minimum atomic E-state index is -0.145. The van der Waals surface area contributed by atoms with Gasteiger partial charge in [0.05, 0.1) is 17.7 Å².